The molecule has 1 fully saturated rings. The molecule has 0 radical (unpaired) electrons. The third-order valence-electron chi connectivity index (χ3n) is 4.15. The lowest BCUT2D eigenvalue weighted by molar-refractivity contribution is 0.208. The third kappa shape index (κ3) is 6.95. The van der Waals surface area contributed by atoms with Gasteiger partial charge in [0, 0.05) is 37.8 Å². The van der Waals surface area contributed by atoms with Crippen molar-refractivity contribution in [1.29, 1.82) is 0 Å². The summed E-state index contributed by atoms with van der Waals surface area (Å²) in [6, 6.07) is 0. The second kappa shape index (κ2) is 10.5. The highest BCUT2D eigenvalue weighted by Crippen LogP contribution is 2.20. The molecule has 1 aliphatic rings. The van der Waals surface area contributed by atoms with Crippen LogP contribution in [-0.4, -0.2) is 42.5 Å². The van der Waals surface area contributed by atoms with E-state index in [1.165, 1.54) is 17.8 Å². The quantitative estimate of drug-likeness (QED) is 0.320. The molecule has 4 nitrogen and oxygen atoms in total. The number of likely N-dealkylation sites (tertiary alicyclic amines) is 1. The van der Waals surface area contributed by atoms with Crippen molar-refractivity contribution < 1.29 is 0 Å². The minimum absolute atomic E-state index is 0. The Morgan fingerprint density at radius 1 is 1.35 bits per heavy atom. The normalized spacial score (nSPS) is 21.9. The van der Waals surface area contributed by atoms with E-state index < -0.39 is 0 Å². The predicted octanol–water partition coefficient (Wildman–Crippen LogP) is 3.95. The molecule has 1 aromatic rings. The molecule has 1 saturated heterocycles. The van der Waals surface area contributed by atoms with E-state index >= 15 is 0 Å². The van der Waals surface area contributed by atoms with Crippen LogP contribution in [0.25, 0.3) is 0 Å². The molecule has 2 unspecified atom stereocenters. The average Bonchev–Trinajstić information content (AvgIpc) is 2.87. The monoisotopic (exact) mass is 450 g/mol. The van der Waals surface area contributed by atoms with Gasteiger partial charge in [0.05, 0.1) is 5.01 Å². The minimum atomic E-state index is 0. The molecule has 0 saturated carbocycles. The highest BCUT2D eigenvalue weighted by atomic mass is 127. The molecule has 0 bridgehead atoms. The van der Waals surface area contributed by atoms with Crippen LogP contribution in [0.4, 0.5) is 0 Å². The van der Waals surface area contributed by atoms with Crippen LogP contribution in [0.15, 0.2) is 10.4 Å². The van der Waals surface area contributed by atoms with Gasteiger partial charge in [0.15, 0.2) is 5.96 Å². The zero-order valence-corrected chi connectivity index (χ0v) is 18.0. The van der Waals surface area contributed by atoms with E-state index in [2.05, 4.69) is 46.3 Å². The standard InChI is InChI=1S/C17H30N4S.HI/c1-13-9-14(2)11-21(10-13)17(18-4)19-8-6-5-7-16-20-15(3)12-22-16;/h12-14H,5-11H2,1-4H3,(H,18,19);1H. The van der Waals surface area contributed by atoms with E-state index in [9.17, 15) is 0 Å². The fraction of sp³-hybridized carbons (Fsp3) is 0.765. The Bertz CT molecular complexity index is 479. The largest absolute Gasteiger partial charge is 0.356 e. The average molecular weight is 450 g/mol. The van der Waals surface area contributed by atoms with Crippen LogP contribution in [-0.2, 0) is 6.42 Å². The molecule has 0 aromatic carbocycles. The Morgan fingerprint density at radius 3 is 2.61 bits per heavy atom. The summed E-state index contributed by atoms with van der Waals surface area (Å²) in [7, 11) is 1.89. The number of guanidine groups is 1. The molecule has 2 heterocycles. The number of unbranched alkanes of at least 4 members (excludes halogenated alkanes) is 1. The second-order valence-corrected chi connectivity index (χ2v) is 7.61. The van der Waals surface area contributed by atoms with Crippen LogP contribution in [0, 0.1) is 18.8 Å². The number of hydrogen-bond acceptors (Lipinski definition) is 3. The minimum Gasteiger partial charge on any atom is -0.356 e. The molecule has 1 N–H and O–H groups in total. The van der Waals surface area contributed by atoms with E-state index in [1.54, 1.807) is 11.3 Å². The number of aryl methyl sites for hydroxylation is 2. The number of aliphatic imine (C=N–C) groups is 1. The van der Waals surface area contributed by atoms with Crippen LogP contribution in [0.1, 0.15) is 43.8 Å². The van der Waals surface area contributed by atoms with Gasteiger partial charge in [-0.3, -0.25) is 4.99 Å². The Kier molecular flexibility index (Phi) is 9.43. The predicted molar refractivity (Wildman–Crippen MR) is 111 cm³/mol. The summed E-state index contributed by atoms with van der Waals surface area (Å²) in [5.41, 5.74) is 1.15. The number of rotatable bonds is 5. The van der Waals surface area contributed by atoms with Crippen molar-refractivity contribution in [1.82, 2.24) is 15.2 Å². The summed E-state index contributed by atoms with van der Waals surface area (Å²) in [6.45, 7) is 9.99. The molecule has 1 aliphatic heterocycles. The van der Waals surface area contributed by atoms with Gasteiger partial charge in [0.25, 0.3) is 0 Å². The van der Waals surface area contributed by atoms with Gasteiger partial charge in [-0.05, 0) is 44.4 Å². The number of nitrogens with one attached hydrogen (secondary N) is 1. The maximum absolute atomic E-state index is 4.52. The molecule has 0 aliphatic carbocycles. The molecular formula is C17H31IN4S. The Hall–Kier alpha value is -0.370. The molecule has 6 heteroatoms. The first-order chi connectivity index (χ1) is 10.6. The maximum Gasteiger partial charge on any atom is 0.193 e. The fourth-order valence-electron chi connectivity index (χ4n) is 3.29. The summed E-state index contributed by atoms with van der Waals surface area (Å²) in [5, 5.41) is 6.93. The maximum atomic E-state index is 4.52. The zero-order valence-electron chi connectivity index (χ0n) is 14.8. The molecule has 0 amide bonds. The van der Waals surface area contributed by atoms with Crippen molar-refractivity contribution in [3.05, 3.63) is 16.1 Å². The second-order valence-electron chi connectivity index (χ2n) is 6.66. The van der Waals surface area contributed by atoms with Crippen LogP contribution >= 0.6 is 35.3 Å². The van der Waals surface area contributed by atoms with Gasteiger partial charge >= 0.3 is 0 Å². The summed E-state index contributed by atoms with van der Waals surface area (Å²) in [6.07, 6.45) is 4.78. The molecule has 1 aromatic heterocycles. The van der Waals surface area contributed by atoms with Gasteiger partial charge in [-0.25, -0.2) is 4.98 Å². The number of halogens is 1. The van der Waals surface area contributed by atoms with Crippen LogP contribution in [0.5, 0.6) is 0 Å². The van der Waals surface area contributed by atoms with Crippen LogP contribution < -0.4 is 5.32 Å². The summed E-state index contributed by atoms with van der Waals surface area (Å²) >= 11 is 1.78. The van der Waals surface area contributed by atoms with Gasteiger partial charge in [-0.1, -0.05) is 13.8 Å². The van der Waals surface area contributed by atoms with Crippen molar-refractivity contribution in [3.63, 3.8) is 0 Å². The van der Waals surface area contributed by atoms with Crippen LogP contribution in [0.3, 0.4) is 0 Å². The summed E-state index contributed by atoms with van der Waals surface area (Å²) in [4.78, 5) is 11.4. The van der Waals surface area contributed by atoms with E-state index in [1.807, 2.05) is 7.05 Å². The molecular weight excluding hydrogens is 419 g/mol. The smallest absolute Gasteiger partial charge is 0.193 e. The highest BCUT2D eigenvalue weighted by Gasteiger charge is 2.23. The number of hydrogen-bond donors (Lipinski definition) is 1. The lowest BCUT2D eigenvalue weighted by Crippen LogP contribution is -2.48. The fourth-order valence-corrected chi connectivity index (χ4v) is 4.11. The Balaban J connectivity index is 0.00000264. The number of aromatic nitrogens is 1. The van der Waals surface area contributed by atoms with Crippen molar-refractivity contribution >= 4 is 41.3 Å². The molecule has 0 spiro atoms. The number of piperidine rings is 1. The van der Waals surface area contributed by atoms with E-state index in [0.717, 1.165) is 56.0 Å². The van der Waals surface area contributed by atoms with Gasteiger partial charge in [-0.2, -0.15) is 0 Å². The van der Waals surface area contributed by atoms with Crippen LogP contribution in [0.2, 0.25) is 0 Å². The van der Waals surface area contributed by atoms with Gasteiger partial charge < -0.3 is 10.2 Å². The van der Waals surface area contributed by atoms with E-state index in [0.29, 0.717) is 0 Å². The first-order valence-corrected chi connectivity index (χ1v) is 9.33. The summed E-state index contributed by atoms with van der Waals surface area (Å²) in [5.74, 6) is 2.59. The first kappa shape index (κ1) is 20.7. The number of thiazole rings is 1. The molecule has 2 rings (SSSR count). The molecule has 132 valence electrons. The topological polar surface area (TPSA) is 40.5 Å². The van der Waals surface area contributed by atoms with E-state index in [-0.39, 0.29) is 24.0 Å². The highest BCUT2D eigenvalue weighted by molar-refractivity contribution is 14.0. The summed E-state index contributed by atoms with van der Waals surface area (Å²) < 4.78 is 0. The lowest BCUT2D eigenvalue weighted by Gasteiger charge is -2.37. The SMILES string of the molecule is CN=C(NCCCCc1nc(C)cs1)N1CC(C)CC(C)C1.I. The van der Waals surface area contributed by atoms with E-state index in [4.69, 9.17) is 0 Å². The lowest BCUT2D eigenvalue weighted by atomic mass is 9.92. The first-order valence-electron chi connectivity index (χ1n) is 8.45. The van der Waals surface area contributed by atoms with Crippen molar-refractivity contribution in [2.24, 2.45) is 16.8 Å². The van der Waals surface area contributed by atoms with Crippen molar-refractivity contribution in [3.8, 4) is 0 Å². The van der Waals surface area contributed by atoms with Crippen molar-refractivity contribution in [2.45, 2.75) is 46.5 Å². The Morgan fingerprint density at radius 2 is 2.04 bits per heavy atom. The zero-order chi connectivity index (χ0) is 15.9. The molecule has 2 atom stereocenters. The third-order valence-corrected chi connectivity index (χ3v) is 5.17. The Labute approximate surface area is 162 Å². The van der Waals surface area contributed by atoms with Gasteiger partial charge in [0.2, 0.25) is 0 Å². The van der Waals surface area contributed by atoms with Gasteiger partial charge in [0.1, 0.15) is 0 Å². The van der Waals surface area contributed by atoms with Crippen molar-refractivity contribution in [2.75, 3.05) is 26.7 Å². The number of nitrogens with zero attached hydrogens (tertiary/aromatic N) is 3. The van der Waals surface area contributed by atoms with Gasteiger partial charge in [-0.15, -0.1) is 35.3 Å². The molecule has 23 heavy (non-hydrogen) atoms.